The lowest BCUT2D eigenvalue weighted by Crippen LogP contribution is -2.35. The van der Waals surface area contributed by atoms with E-state index in [9.17, 15) is 4.79 Å². The maximum Gasteiger partial charge on any atom is 0.230 e. The smallest absolute Gasteiger partial charge is 0.230 e. The van der Waals surface area contributed by atoms with Gasteiger partial charge in [0, 0.05) is 6.54 Å². The van der Waals surface area contributed by atoms with Crippen molar-refractivity contribution in [3.05, 3.63) is 48.0 Å². The highest BCUT2D eigenvalue weighted by molar-refractivity contribution is 5.91. The van der Waals surface area contributed by atoms with E-state index >= 15 is 0 Å². The van der Waals surface area contributed by atoms with Crippen LogP contribution < -0.4 is 5.32 Å². The van der Waals surface area contributed by atoms with Gasteiger partial charge in [-0.05, 0) is 31.7 Å². The first-order valence-corrected chi connectivity index (χ1v) is 6.24. The number of hydrogen-bond acceptors (Lipinski definition) is 1. The second kappa shape index (κ2) is 5.17. The van der Waals surface area contributed by atoms with Crippen molar-refractivity contribution in [3.8, 4) is 0 Å². The molecule has 1 aliphatic rings. The third-order valence-corrected chi connectivity index (χ3v) is 3.34. The number of hydrogen-bond donors (Lipinski definition) is 1. The first-order chi connectivity index (χ1) is 8.29. The number of benzene rings is 1. The van der Waals surface area contributed by atoms with E-state index in [-0.39, 0.29) is 11.3 Å². The van der Waals surface area contributed by atoms with Crippen molar-refractivity contribution < 1.29 is 4.79 Å². The monoisotopic (exact) mass is 229 g/mol. The highest BCUT2D eigenvalue weighted by atomic mass is 16.2. The highest BCUT2D eigenvalue weighted by Gasteiger charge is 2.50. The molecule has 0 unspecified atom stereocenters. The molecule has 0 radical (unpaired) electrons. The van der Waals surface area contributed by atoms with Crippen LogP contribution in [0.3, 0.4) is 0 Å². The average Bonchev–Trinajstić information content (AvgIpc) is 3.17. The molecule has 2 rings (SSSR count). The minimum Gasteiger partial charge on any atom is -0.355 e. The van der Waals surface area contributed by atoms with Crippen molar-refractivity contribution in [2.45, 2.75) is 31.6 Å². The Bertz CT molecular complexity index is 404. The molecule has 0 atom stereocenters. The lowest BCUT2D eigenvalue weighted by molar-refractivity contribution is -0.123. The summed E-state index contributed by atoms with van der Waals surface area (Å²) in [5.41, 5.74) is 0.931. The number of amides is 1. The van der Waals surface area contributed by atoms with Gasteiger partial charge in [0.05, 0.1) is 5.41 Å². The third kappa shape index (κ3) is 2.57. The molecule has 0 heterocycles. The average molecular weight is 229 g/mol. The van der Waals surface area contributed by atoms with Gasteiger partial charge < -0.3 is 5.32 Å². The van der Waals surface area contributed by atoms with Gasteiger partial charge in [0.15, 0.2) is 0 Å². The van der Waals surface area contributed by atoms with Crippen LogP contribution in [0.2, 0.25) is 0 Å². The van der Waals surface area contributed by atoms with Gasteiger partial charge >= 0.3 is 0 Å². The summed E-state index contributed by atoms with van der Waals surface area (Å²) in [6.45, 7) is 2.73. The number of allylic oxidation sites excluding steroid dienone is 1. The first-order valence-electron chi connectivity index (χ1n) is 6.24. The quantitative estimate of drug-likeness (QED) is 0.610. The molecule has 0 aromatic heterocycles. The topological polar surface area (TPSA) is 29.1 Å². The van der Waals surface area contributed by atoms with Gasteiger partial charge in [-0.3, -0.25) is 4.79 Å². The normalized spacial score (nSPS) is 17.0. The fourth-order valence-electron chi connectivity index (χ4n) is 2.13. The van der Waals surface area contributed by atoms with Gasteiger partial charge in [0.25, 0.3) is 0 Å². The van der Waals surface area contributed by atoms with Crippen LogP contribution >= 0.6 is 0 Å². The Kier molecular flexibility index (Phi) is 3.62. The van der Waals surface area contributed by atoms with Gasteiger partial charge in [-0.1, -0.05) is 42.5 Å². The van der Waals surface area contributed by atoms with E-state index in [0.717, 1.165) is 31.4 Å². The van der Waals surface area contributed by atoms with Gasteiger partial charge in [-0.25, -0.2) is 0 Å². The van der Waals surface area contributed by atoms with E-state index in [2.05, 4.69) is 23.5 Å². The summed E-state index contributed by atoms with van der Waals surface area (Å²) in [6.07, 6.45) is 6.95. The predicted octanol–water partition coefficient (Wildman–Crippen LogP) is 2.80. The van der Waals surface area contributed by atoms with Crippen LogP contribution in [0, 0.1) is 0 Å². The zero-order chi connectivity index (χ0) is 12.1. The molecule has 1 saturated carbocycles. The van der Waals surface area contributed by atoms with E-state index in [0.29, 0.717) is 0 Å². The maximum absolute atomic E-state index is 12.2. The molecule has 1 N–H and O–H groups in total. The van der Waals surface area contributed by atoms with Crippen LogP contribution in [0.5, 0.6) is 0 Å². The molecule has 1 aromatic rings. The Hall–Kier alpha value is -1.57. The Morgan fingerprint density at radius 3 is 2.65 bits per heavy atom. The summed E-state index contributed by atoms with van der Waals surface area (Å²) >= 11 is 0. The first kappa shape index (κ1) is 11.9. The summed E-state index contributed by atoms with van der Waals surface area (Å²) in [7, 11) is 0. The van der Waals surface area contributed by atoms with E-state index in [4.69, 9.17) is 0 Å². The maximum atomic E-state index is 12.2. The molecule has 1 fully saturated rings. The SMILES string of the molecule is C/C=C/CCNC(=O)C1(c2ccccc2)CC1. The fraction of sp³-hybridized carbons (Fsp3) is 0.400. The number of rotatable bonds is 5. The number of nitrogens with one attached hydrogen (secondary N) is 1. The minimum absolute atomic E-state index is 0.188. The molecule has 17 heavy (non-hydrogen) atoms. The molecule has 1 aliphatic carbocycles. The van der Waals surface area contributed by atoms with Crippen LogP contribution in [-0.2, 0) is 10.2 Å². The molecule has 2 nitrogen and oxygen atoms in total. The molecule has 1 aromatic carbocycles. The van der Waals surface area contributed by atoms with E-state index in [1.807, 2.05) is 31.2 Å². The molecular formula is C15H19NO. The largest absolute Gasteiger partial charge is 0.355 e. The van der Waals surface area contributed by atoms with E-state index in [1.54, 1.807) is 0 Å². The fourth-order valence-corrected chi connectivity index (χ4v) is 2.13. The number of carbonyl (C=O) groups excluding carboxylic acids is 1. The van der Waals surface area contributed by atoms with Crippen LogP contribution in [0.15, 0.2) is 42.5 Å². The van der Waals surface area contributed by atoms with Gasteiger partial charge in [0.2, 0.25) is 5.91 Å². The summed E-state index contributed by atoms with van der Waals surface area (Å²) < 4.78 is 0. The van der Waals surface area contributed by atoms with Crippen LogP contribution in [0.4, 0.5) is 0 Å². The lowest BCUT2D eigenvalue weighted by Gasteiger charge is -2.15. The van der Waals surface area contributed by atoms with Crippen molar-refractivity contribution in [3.63, 3.8) is 0 Å². The molecule has 90 valence electrons. The third-order valence-electron chi connectivity index (χ3n) is 3.34. The van der Waals surface area contributed by atoms with Crippen molar-refractivity contribution in [1.82, 2.24) is 5.32 Å². The lowest BCUT2D eigenvalue weighted by atomic mass is 9.95. The Balaban J connectivity index is 1.95. The zero-order valence-corrected chi connectivity index (χ0v) is 10.3. The van der Waals surface area contributed by atoms with Gasteiger partial charge in [-0.15, -0.1) is 0 Å². The minimum atomic E-state index is -0.225. The Labute approximate surface area is 103 Å². The van der Waals surface area contributed by atoms with Crippen molar-refractivity contribution >= 4 is 5.91 Å². The zero-order valence-electron chi connectivity index (χ0n) is 10.3. The predicted molar refractivity (Wildman–Crippen MR) is 69.8 cm³/mol. The molecule has 0 bridgehead atoms. The van der Waals surface area contributed by atoms with Crippen molar-refractivity contribution in [2.24, 2.45) is 0 Å². The Morgan fingerprint density at radius 1 is 1.35 bits per heavy atom. The van der Waals surface area contributed by atoms with E-state index < -0.39 is 0 Å². The molecular weight excluding hydrogens is 210 g/mol. The summed E-state index contributed by atoms with van der Waals surface area (Å²) in [5, 5.41) is 3.03. The molecule has 1 amide bonds. The highest BCUT2D eigenvalue weighted by Crippen LogP contribution is 2.48. The van der Waals surface area contributed by atoms with Gasteiger partial charge in [0.1, 0.15) is 0 Å². The molecule has 0 saturated heterocycles. The second-order valence-electron chi connectivity index (χ2n) is 4.56. The molecule has 2 heteroatoms. The number of carbonyl (C=O) groups is 1. The summed E-state index contributed by atoms with van der Waals surface area (Å²) in [6, 6.07) is 10.1. The van der Waals surface area contributed by atoms with E-state index in [1.165, 1.54) is 0 Å². The Morgan fingerprint density at radius 2 is 2.06 bits per heavy atom. The second-order valence-corrected chi connectivity index (χ2v) is 4.56. The van der Waals surface area contributed by atoms with Gasteiger partial charge in [-0.2, -0.15) is 0 Å². The summed E-state index contributed by atoms with van der Waals surface area (Å²) in [5.74, 6) is 0.188. The summed E-state index contributed by atoms with van der Waals surface area (Å²) in [4.78, 5) is 12.2. The molecule has 0 spiro atoms. The van der Waals surface area contributed by atoms with Crippen LogP contribution in [-0.4, -0.2) is 12.5 Å². The van der Waals surface area contributed by atoms with Crippen molar-refractivity contribution in [1.29, 1.82) is 0 Å². The van der Waals surface area contributed by atoms with Crippen LogP contribution in [0.1, 0.15) is 31.7 Å². The van der Waals surface area contributed by atoms with Crippen molar-refractivity contribution in [2.75, 3.05) is 6.54 Å². The molecule has 0 aliphatic heterocycles. The van der Waals surface area contributed by atoms with Crippen LogP contribution in [0.25, 0.3) is 0 Å². The standard InChI is InChI=1S/C15H19NO/c1-2-3-7-12-16-14(17)15(10-11-15)13-8-5-4-6-9-13/h2-6,8-9H,7,10-12H2,1H3,(H,16,17)/b3-2+.